The third kappa shape index (κ3) is 22.3. The maximum Gasteiger partial charge on any atom is 1.00 e. The second-order valence-corrected chi connectivity index (χ2v) is 8.47. The van der Waals surface area contributed by atoms with Crippen LogP contribution >= 0.6 is 0 Å². The summed E-state index contributed by atoms with van der Waals surface area (Å²) in [5, 5.41) is 8.56. The maximum absolute atomic E-state index is 11.4. The topological polar surface area (TPSA) is 80.7 Å². The van der Waals surface area contributed by atoms with Crippen LogP contribution in [0, 0.1) is 0 Å². The number of carbonyl (C=O) groups is 1. The van der Waals surface area contributed by atoms with Crippen molar-refractivity contribution in [1.82, 2.24) is 0 Å². The van der Waals surface area contributed by atoms with Gasteiger partial charge in [0.05, 0.1) is 6.61 Å². The molecule has 0 bridgehead atoms. The van der Waals surface area contributed by atoms with E-state index in [0.29, 0.717) is 6.42 Å². The van der Waals surface area contributed by atoms with Crippen LogP contribution in [0.15, 0.2) is 12.2 Å². The second kappa shape index (κ2) is 20.8. The number of hydrogen-bond donors (Lipinski definition) is 1. The number of rotatable bonds is 18. The molecule has 0 heterocycles. The molecular weight excluding hydrogens is 375 g/mol. The van der Waals surface area contributed by atoms with Crippen molar-refractivity contribution in [2.45, 2.75) is 96.8 Å². The Hall–Kier alpha value is 0.120. The molecule has 0 rings (SSSR count). The van der Waals surface area contributed by atoms with Gasteiger partial charge in [0.25, 0.3) is 0 Å². The number of aliphatic hydroxyl groups excluding tert-OH is 1. The predicted octanol–water partition coefficient (Wildman–Crippen LogP) is 1.89. The van der Waals surface area contributed by atoms with E-state index in [2.05, 4.69) is 23.3 Å². The van der Waals surface area contributed by atoms with Gasteiger partial charge in [-0.3, -0.25) is 4.79 Å². The van der Waals surface area contributed by atoms with Crippen LogP contribution in [0.25, 0.3) is 0 Å². The zero-order valence-corrected chi connectivity index (χ0v) is 20.3. The molecule has 154 valence electrons. The van der Waals surface area contributed by atoms with Crippen LogP contribution in [-0.2, 0) is 19.1 Å². The van der Waals surface area contributed by atoms with E-state index in [9.17, 15) is 13.2 Å². The van der Waals surface area contributed by atoms with Crippen molar-refractivity contribution in [2.75, 3.05) is 12.4 Å². The summed E-state index contributed by atoms with van der Waals surface area (Å²) in [5.41, 5.74) is 0. The van der Waals surface area contributed by atoms with Crippen LogP contribution in [0.2, 0.25) is 0 Å². The van der Waals surface area contributed by atoms with Crippen molar-refractivity contribution < 1.29 is 52.1 Å². The molecule has 0 spiro atoms. The Kier molecular flexibility index (Phi) is 22.6. The smallest absolute Gasteiger partial charge is 0.395 e. The van der Waals surface area contributed by atoms with Gasteiger partial charge in [-0.05, 0) is 32.1 Å². The molecule has 27 heavy (non-hydrogen) atoms. The van der Waals surface area contributed by atoms with Gasteiger partial charge in [0.15, 0.2) is 0 Å². The maximum atomic E-state index is 11.4. The van der Waals surface area contributed by atoms with E-state index in [1.165, 1.54) is 44.9 Å². The first-order valence-electron chi connectivity index (χ1n) is 10.2. The van der Waals surface area contributed by atoms with Crippen LogP contribution in [-0.4, -0.2) is 31.9 Å². The van der Waals surface area contributed by atoms with Gasteiger partial charge >= 0.3 is 45.6 Å². The van der Waals surface area contributed by atoms with Crippen molar-refractivity contribution in [1.29, 1.82) is 0 Å². The van der Waals surface area contributed by atoms with Crippen LogP contribution in [0.4, 0.5) is 0 Å². The minimum Gasteiger partial charge on any atom is -0.395 e. The monoisotopic (exact) mass is 413 g/mol. The summed E-state index contributed by atoms with van der Waals surface area (Å²) >= 11 is 0. The van der Waals surface area contributed by atoms with Gasteiger partial charge in [-0.25, -0.2) is 0 Å². The van der Waals surface area contributed by atoms with Gasteiger partial charge in [0.1, 0.15) is 5.75 Å². The zero-order chi connectivity index (χ0) is 19.5. The predicted molar refractivity (Wildman–Crippen MR) is 106 cm³/mol. The number of carbonyl (C=O) groups excluding carboxylic acids is 1. The summed E-state index contributed by atoms with van der Waals surface area (Å²) in [6, 6.07) is 0. The first-order chi connectivity index (χ1) is 12.5. The largest absolute Gasteiger partial charge is 1.00 e. The van der Waals surface area contributed by atoms with Crippen molar-refractivity contribution in [3.05, 3.63) is 12.2 Å². The molecule has 5 nitrogen and oxygen atoms in total. The van der Waals surface area contributed by atoms with E-state index >= 15 is 0 Å². The molecule has 0 amide bonds. The molecule has 0 saturated carbocycles. The van der Waals surface area contributed by atoms with Crippen molar-refractivity contribution >= 4 is 16.1 Å². The molecule has 0 aliphatic rings. The summed E-state index contributed by atoms with van der Waals surface area (Å²) in [6.45, 7) is 1.70. The van der Waals surface area contributed by atoms with Gasteiger partial charge in [-0.15, -0.1) is 0 Å². The molecule has 0 aromatic carbocycles. The quantitative estimate of drug-likeness (QED) is 0.161. The minimum atomic E-state index is -3.91. The fraction of sp³-hybridized carbons (Fsp3) is 0.850. The molecule has 0 saturated heterocycles. The van der Waals surface area contributed by atoms with Crippen LogP contribution < -0.4 is 29.6 Å². The van der Waals surface area contributed by atoms with Gasteiger partial charge in [-0.2, -0.15) is 8.42 Å². The Balaban J connectivity index is 0. The summed E-state index contributed by atoms with van der Waals surface area (Å²) < 4.78 is 26.7. The first-order valence-corrected chi connectivity index (χ1v) is 11.8. The molecule has 0 aliphatic heterocycles. The van der Waals surface area contributed by atoms with E-state index in [-0.39, 0.29) is 36.0 Å². The molecule has 0 radical (unpaired) electrons. The van der Waals surface area contributed by atoms with Crippen LogP contribution in [0.5, 0.6) is 0 Å². The summed E-state index contributed by atoms with van der Waals surface area (Å²) in [6.07, 6.45) is 19.9. The molecule has 0 aromatic rings. The molecule has 0 aliphatic carbocycles. The van der Waals surface area contributed by atoms with Gasteiger partial charge in [-0.1, -0.05) is 70.4 Å². The SMILES string of the molecule is CCCCCCCC/C=C\CCCCCCCC(=O)OS(=O)(=O)CCO.[Na+]. The minimum absolute atomic E-state index is 0. The Morgan fingerprint density at radius 2 is 1.33 bits per heavy atom. The normalized spacial score (nSPS) is 11.5. The molecule has 0 atom stereocenters. The first kappa shape index (κ1) is 29.3. The van der Waals surface area contributed by atoms with Crippen LogP contribution in [0.3, 0.4) is 0 Å². The molecule has 0 unspecified atom stereocenters. The fourth-order valence-electron chi connectivity index (χ4n) is 2.68. The standard InChI is InChI=1S/C20H38O5S.Na/c1-2-3-4-5-6-7-8-9-10-11-12-13-14-15-16-17-20(22)25-26(23,24)19-18-21;/h9-10,21H,2-8,11-19H2,1H3;/q;+1/b10-9-;. The Morgan fingerprint density at radius 1 is 0.852 bits per heavy atom. The number of hydrogen-bond acceptors (Lipinski definition) is 5. The van der Waals surface area contributed by atoms with E-state index in [1.54, 1.807) is 0 Å². The van der Waals surface area contributed by atoms with E-state index in [0.717, 1.165) is 32.1 Å². The van der Waals surface area contributed by atoms with Gasteiger partial charge in [0.2, 0.25) is 0 Å². The molecule has 7 heteroatoms. The number of allylic oxidation sites excluding steroid dienone is 2. The average Bonchev–Trinajstić information content (AvgIpc) is 2.57. The molecule has 0 aromatic heterocycles. The number of aliphatic hydroxyl groups is 1. The molecule has 1 N–H and O–H groups in total. The second-order valence-electron chi connectivity index (χ2n) is 6.78. The van der Waals surface area contributed by atoms with E-state index < -0.39 is 28.4 Å². The van der Waals surface area contributed by atoms with Crippen molar-refractivity contribution in [3.63, 3.8) is 0 Å². The van der Waals surface area contributed by atoms with Crippen molar-refractivity contribution in [3.8, 4) is 0 Å². The summed E-state index contributed by atoms with van der Waals surface area (Å²) in [4.78, 5) is 11.4. The third-order valence-electron chi connectivity index (χ3n) is 4.20. The summed E-state index contributed by atoms with van der Waals surface area (Å²) in [5.74, 6) is -1.26. The Bertz CT molecular complexity index is 463. The van der Waals surface area contributed by atoms with Gasteiger partial charge < -0.3 is 9.29 Å². The average molecular weight is 414 g/mol. The third-order valence-corrected chi connectivity index (χ3v) is 5.33. The van der Waals surface area contributed by atoms with Gasteiger partial charge in [0, 0.05) is 6.42 Å². The number of unbranched alkanes of at least 4 members (excludes halogenated alkanes) is 11. The van der Waals surface area contributed by atoms with Crippen LogP contribution in [0.1, 0.15) is 96.8 Å². The van der Waals surface area contributed by atoms with E-state index in [4.69, 9.17) is 5.11 Å². The zero-order valence-electron chi connectivity index (χ0n) is 17.5. The Morgan fingerprint density at radius 3 is 1.85 bits per heavy atom. The molecular formula is C20H38NaO5S+. The van der Waals surface area contributed by atoms with E-state index in [1.807, 2.05) is 0 Å². The summed E-state index contributed by atoms with van der Waals surface area (Å²) in [7, 11) is -3.91. The Labute approximate surface area is 188 Å². The molecule has 0 fully saturated rings. The fourth-order valence-corrected chi connectivity index (χ4v) is 3.35. The van der Waals surface area contributed by atoms with Crippen molar-refractivity contribution in [2.24, 2.45) is 0 Å².